The van der Waals surface area contributed by atoms with Crippen molar-refractivity contribution in [1.29, 1.82) is 0 Å². The Kier molecular flexibility index (Phi) is 6.62. The second-order valence-corrected chi connectivity index (χ2v) is 10.9. The van der Waals surface area contributed by atoms with Crippen LogP contribution in [0.15, 0.2) is 12.7 Å². The van der Waals surface area contributed by atoms with Crippen molar-refractivity contribution in [2.75, 3.05) is 6.61 Å². The van der Waals surface area contributed by atoms with Gasteiger partial charge in [0.05, 0.1) is 12.2 Å². The summed E-state index contributed by atoms with van der Waals surface area (Å²) >= 11 is 0. The highest BCUT2D eigenvalue weighted by atomic mass is 28.4. The fourth-order valence-electron chi connectivity index (χ4n) is 1.16. The van der Waals surface area contributed by atoms with Crippen LogP contribution in [0.2, 0.25) is 18.1 Å². The maximum Gasteiger partial charge on any atom is 0.191 e. The summed E-state index contributed by atoms with van der Waals surface area (Å²) in [4.78, 5) is 0. The highest BCUT2D eigenvalue weighted by Crippen LogP contribution is 2.36. The van der Waals surface area contributed by atoms with E-state index < -0.39 is 20.5 Å². The molecule has 0 aliphatic heterocycles. The second kappa shape index (κ2) is 6.68. The van der Waals surface area contributed by atoms with Gasteiger partial charge in [-0.05, 0) is 24.6 Å². The molecule has 4 heteroatoms. The van der Waals surface area contributed by atoms with Crippen molar-refractivity contribution in [3.05, 3.63) is 12.7 Å². The summed E-state index contributed by atoms with van der Waals surface area (Å²) in [5, 5.41) is 19.2. The van der Waals surface area contributed by atoms with Gasteiger partial charge in [0.2, 0.25) is 0 Å². The maximum absolute atomic E-state index is 9.68. The van der Waals surface area contributed by atoms with Crippen LogP contribution in [0.1, 0.15) is 33.6 Å². The van der Waals surface area contributed by atoms with Gasteiger partial charge < -0.3 is 14.6 Å². The van der Waals surface area contributed by atoms with E-state index >= 15 is 0 Å². The number of aliphatic hydroxyl groups excluding tert-OH is 2. The standard InChI is InChI=1S/C13H28O3Si/c1-7-11(14)10-12(15)8-9-16-17(5,6)13(2,3)4/h7,11-12,14-15H,1,8-10H2,2-6H3. The summed E-state index contributed by atoms with van der Waals surface area (Å²) in [6.45, 7) is 15.0. The summed E-state index contributed by atoms with van der Waals surface area (Å²) in [6.07, 6.45) is 1.20. The Balaban J connectivity index is 3.95. The second-order valence-electron chi connectivity index (χ2n) is 6.09. The highest BCUT2D eigenvalue weighted by molar-refractivity contribution is 6.74. The zero-order valence-electron chi connectivity index (χ0n) is 11.9. The van der Waals surface area contributed by atoms with Gasteiger partial charge >= 0.3 is 0 Å². The largest absolute Gasteiger partial charge is 0.417 e. The molecule has 0 aliphatic carbocycles. The third kappa shape index (κ3) is 6.36. The molecule has 0 aliphatic rings. The van der Waals surface area contributed by atoms with Crippen LogP contribution in [0, 0.1) is 0 Å². The Morgan fingerprint density at radius 3 is 2.24 bits per heavy atom. The minimum absolute atomic E-state index is 0.193. The normalized spacial score (nSPS) is 16.6. The zero-order valence-corrected chi connectivity index (χ0v) is 12.9. The zero-order chi connectivity index (χ0) is 13.7. The molecule has 0 bridgehead atoms. The average molecular weight is 260 g/mol. The Morgan fingerprint density at radius 2 is 1.82 bits per heavy atom. The van der Waals surface area contributed by atoms with E-state index in [0.717, 1.165) is 0 Å². The first-order chi connectivity index (χ1) is 7.60. The molecule has 0 aromatic heterocycles. The number of hydrogen-bond acceptors (Lipinski definition) is 3. The summed E-state index contributed by atoms with van der Waals surface area (Å²) in [7, 11) is -1.71. The van der Waals surface area contributed by atoms with E-state index in [2.05, 4.69) is 40.4 Å². The van der Waals surface area contributed by atoms with Crippen LogP contribution < -0.4 is 0 Å². The first kappa shape index (κ1) is 16.8. The molecule has 102 valence electrons. The predicted octanol–water partition coefficient (Wildman–Crippen LogP) is 2.70. The van der Waals surface area contributed by atoms with Crippen molar-refractivity contribution in [3.63, 3.8) is 0 Å². The molecule has 0 fully saturated rings. The van der Waals surface area contributed by atoms with Crippen LogP contribution in [0.25, 0.3) is 0 Å². The summed E-state index contributed by atoms with van der Waals surface area (Å²) in [5.41, 5.74) is 0. The summed E-state index contributed by atoms with van der Waals surface area (Å²) in [5.74, 6) is 0. The van der Waals surface area contributed by atoms with E-state index in [-0.39, 0.29) is 5.04 Å². The number of hydrogen-bond donors (Lipinski definition) is 2. The van der Waals surface area contributed by atoms with Crippen molar-refractivity contribution in [1.82, 2.24) is 0 Å². The third-order valence-electron chi connectivity index (χ3n) is 3.51. The first-order valence-electron chi connectivity index (χ1n) is 6.23. The van der Waals surface area contributed by atoms with Gasteiger partial charge in [-0.2, -0.15) is 0 Å². The smallest absolute Gasteiger partial charge is 0.191 e. The van der Waals surface area contributed by atoms with Gasteiger partial charge in [0, 0.05) is 13.0 Å². The van der Waals surface area contributed by atoms with Crippen LogP contribution in [0.3, 0.4) is 0 Å². The SMILES string of the molecule is C=CC(O)CC(O)CCO[Si](C)(C)C(C)(C)C. The molecule has 17 heavy (non-hydrogen) atoms. The lowest BCUT2D eigenvalue weighted by atomic mass is 10.1. The summed E-state index contributed by atoms with van der Waals surface area (Å²) in [6, 6.07) is 0. The molecule has 0 spiro atoms. The van der Waals surface area contributed by atoms with E-state index in [1.165, 1.54) is 6.08 Å². The quantitative estimate of drug-likeness (QED) is 0.546. The molecule has 2 atom stereocenters. The van der Waals surface area contributed by atoms with Gasteiger partial charge in [-0.25, -0.2) is 0 Å². The molecule has 0 aromatic rings. The van der Waals surface area contributed by atoms with Crippen molar-refractivity contribution in [2.24, 2.45) is 0 Å². The maximum atomic E-state index is 9.68. The van der Waals surface area contributed by atoms with Crippen molar-refractivity contribution < 1.29 is 14.6 Å². The van der Waals surface area contributed by atoms with E-state index in [9.17, 15) is 10.2 Å². The van der Waals surface area contributed by atoms with Gasteiger partial charge in [-0.3, -0.25) is 0 Å². The van der Waals surface area contributed by atoms with Gasteiger partial charge in [-0.1, -0.05) is 26.8 Å². The van der Waals surface area contributed by atoms with Crippen molar-refractivity contribution >= 4 is 8.32 Å². The molecule has 2 N–H and O–H groups in total. The molecular formula is C13H28O3Si. The van der Waals surface area contributed by atoms with E-state index in [1.54, 1.807) is 0 Å². The lowest BCUT2D eigenvalue weighted by Gasteiger charge is -2.36. The molecule has 2 unspecified atom stereocenters. The Bertz CT molecular complexity index is 233. The topological polar surface area (TPSA) is 49.7 Å². The molecule has 0 aromatic carbocycles. The highest BCUT2D eigenvalue weighted by Gasteiger charge is 2.36. The lowest BCUT2D eigenvalue weighted by Crippen LogP contribution is -2.41. The third-order valence-corrected chi connectivity index (χ3v) is 8.04. The molecule has 0 saturated carbocycles. The summed E-state index contributed by atoms with van der Waals surface area (Å²) < 4.78 is 5.95. The van der Waals surface area contributed by atoms with Crippen molar-refractivity contribution in [3.8, 4) is 0 Å². The van der Waals surface area contributed by atoms with E-state index in [4.69, 9.17) is 4.43 Å². The first-order valence-corrected chi connectivity index (χ1v) is 9.13. The van der Waals surface area contributed by atoms with Crippen LogP contribution in [0.5, 0.6) is 0 Å². The van der Waals surface area contributed by atoms with Crippen molar-refractivity contribution in [2.45, 2.75) is 64.0 Å². The van der Waals surface area contributed by atoms with Crippen LogP contribution >= 0.6 is 0 Å². The van der Waals surface area contributed by atoms with Crippen LogP contribution in [0.4, 0.5) is 0 Å². The van der Waals surface area contributed by atoms with E-state index in [1.807, 2.05) is 0 Å². The van der Waals surface area contributed by atoms with Gasteiger partial charge in [0.25, 0.3) is 0 Å². The fraction of sp³-hybridized carbons (Fsp3) is 0.846. The van der Waals surface area contributed by atoms with Crippen LogP contribution in [-0.2, 0) is 4.43 Å². The molecule has 0 radical (unpaired) electrons. The average Bonchev–Trinajstić information content (AvgIpc) is 2.15. The minimum Gasteiger partial charge on any atom is -0.417 e. The molecule has 3 nitrogen and oxygen atoms in total. The van der Waals surface area contributed by atoms with E-state index in [0.29, 0.717) is 19.4 Å². The molecule has 0 heterocycles. The van der Waals surface area contributed by atoms with Gasteiger partial charge in [0.1, 0.15) is 0 Å². The predicted molar refractivity (Wildman–Crippen MR) is 74.6 cm³/mol. The van der Waals surface area contributed by atoms with Crippen LogP contribution in [-0.4, -0.2) is 37.3 Å². The Labute approximate surface area is 107 Å². The number of aliphatic hydroxyl groups is 2. The molecule has 0 saturated heterocycles. The minimum atomic E-state index is -1.71. The molecule has 0 amide bonds. The number of rotatable bonds is 7. The molecule has 0 rings (SSSR count). The fourth-order valence-corrected chi connectivity index (χ4v) is 2.22. The Hall–Kier alpha value is -0.163. The Morgan fingerprint density at radius 1 is 1.29 bits per heavy atom. The molecular weight excluding hydrogens is 232 g/mol. The van der Waals surface area contributed by atoms with Gasteiger partial charge in [-0.15, -0.1) is 6.58 Å². The van der Waals surface area contributed by atoms with Gasteiger partial charge in [0.15, 0.2) is 8.32 Å². The monoisotopic (exact) mass is 260 g/mol. The lowest BCUT2D eigenvalue weighted by molar-refractivity contribution is 0.0839.